The van der Waals surface area contributed by atoms with Crippen LogP contribution in [0.15, 0.2) is 24.5 Å². The van der Waals surface area contributed by atoms with E-state index in [0.717, 1.165) is 18.7 Å². The number of nitrogens with one attached hydrogen (secondary N) is 1. The molecule has 0 radical (unpaired) electrons. The molecule has 0 amide bonds. The predicted octanol–water partition coefficient (Wildman–Crippen LogP) is 0.823. The number of piperidine rings is 1. The van der Waals surface area contributed by atoms with Crippen LogP contribution in [0, 0.1) is 0 Å². The van der Waals surface area contributed by atoms with Crippen molar-refractivity contribution in [3.63, 3.8) is 0 Å². The molecule has 2 fully saturated rings. The van der Waals surface area contributed by atoms with Crippen LogP contribution in [0.1, 0.15) is 24.8 Å². The van der Waals surface area contributed by atoms with Gasteiger partial charge in [0.15, 0.2) is 9.84 Å². The summed E-state index contributed by atoms with van der Waals surface area (Å²) in [6, 6.07) is 4.09. The molecule has 1 aromatic heterocycles. The zero-order chi connectivity index (χ0) is 14.7. The SMILES string of the molecule is O=S1(=O)C[C@@H](N2CCCCC2)[C@H](NCc2cccnc2)C1. The lowest BCUT2D eigenvalue weighted by Gasteiger charge is -2.35. The number of likely N-dealkylation sites (tertiary alicyclic amines) is 1. The standard InChI is InChI=1S/C15H23N3O2S/c19-21(20)11-14(17-10-13-5-4-6-16-9-13)15(12-21)18-7-2-1-3-8-18/h4-6,9,14-15,17H,1-3,7-8,10-12H2/t14-,15-/m1/s1. The lowest BCUT2D eigenvalue weighted by atomic mass is 10.0. The topological polar surface area (TPSA) is 62.3 Å². The highest BCUT2D eigenvalue weighted by Crippen LogP contribution is 2.22. The normalized spacial score (nSPS) is 29.5. The first kappa shape index (κ1) is 14.9. The van der Waals surface area contributed by atoms with Gasteiger partial charge in [-0.25, -0.2) is 8.42 Å². The van der Waals surface area contributed by atoms with Crippen LogP contribution >= 0.6 is 0 Å². The number of hydrogen-bond donors (Lipinski definition) is 1. The van der Waals surface area contributed by atoms with E-state index >= 15 is 0 Å². The summed E-state index contributed by atoms with van der Waals surface area (Å²) in [5.41, 5.74) is 1.10. The summed E-state index contributed by atoms with van der Waals surface area (Å²) >= 11 is 0. The summed E-state index contributed by atoms with van der Waals surface area (Å²) in [5.74, 6) is 0.562. The molecule has 1 aromatic rings. The van der Waals surface area contributed by atoms with E-state index in [1.54, 1.807) is 6.20 Å². The maximum absolute atomic E-state index is 12.0. The van der Waals surface area contributed by atoms with Gasteiger partial charge in [-0.15, -0.1) is 0 Å². The van der Waals surface area contributed by atoms with Crippen LogP contribution in [-0.4, -0.2) is 55.0 Å². The molecule has 0 bridgehead atoms. The molecule has 0 unspecified atom stereocenters. The maximum Gasteiger partial charge on any atom is 0.153 e. The fourth-order valence-electron chi connectivity index (χ4n) is 3.39. The van der Waals surface area contributed by atoms with Crippen molar-refractivity contribution < 1.29 is 8.42 Å². The summed E-state index contributed by atoms with van der Waals surface area (Å²) in [4.78, 5) is 6.47. The number of sulfone groups is 1. The zero-order valence-corrected chi connectivity index (χ0v) is 13.1. The maximum atomic E-state index is 12.0. The number of nitrogens with zero attached hydrogens (tertiary/aromatic N) is 2. The average molecular weight is 309 g/mol. The second kappa shape index (κ2) is 6.42. The van der Waals surface area contributed by atoms with Crippen molar-refractivity contribution in [2.24, 2.45) is 0 Å². The second-order valence-electron chi connectivity index (χ2n) is 6.09. The molecular formula is C15H23N3O2S. The van der Waals surface area contributed by atoms with Gasteiger partial charge in [-0.1, -0.05) is 12.5 Å². The van der Waals surface area contributed by atoms with Gasteiger partial charge in [0.2, 0.25) is 0 Å². The van der Waals surface area contributed by atoms with Crippen molar-refractivity contribution in [2.45, 2.75) is 37.9 Å². The minimum atomic E-state index is -2.92. The third-order valence-corrected chi connectivity index (χ3v) is 6.19. The first-order chi connectivity index (χ1) is 10.1. The molecule has 0 aliphatic carbocycles. The van der Waals surface area contributed by atoms with Crippen molar-refractivity contribution in [2.75, 3.05) is 24.6 Å². The van der Waals surface area contributed by atoms with E-state index in [4.69, 9.17) is 0 Å². The van der Waals surface area contributed by atoms with Crippen molar-refractivity contribution >= 4 is 9.84 Å². The highest BCUT2D eigenvalue weighted by atomic mass is 32.2. The van der Waals surface area contributed by atoms with Gasteiger partial charge in [0.25, 0.3) is 0 Å². The molecule has 116 valence electrons. The van der Waals surface area contributed by atoms with Gasteiger partial charge in [0.05, 0.1) is 11.5 Å². The summed E-state index contributed by atoms with van der Waals surface area (Å²) in [6.07, 6.45) is 7.22. The van der Waals surface area contributed by atoms with Crippen LogP contribution < -0.4 is 5.32 Å². The van der Waals surface area contributed by atoms with E-state index in [1.165, 1.54) is 19.3 Å². The van der Waals surface area contributed by atoms with E-state index < -0.39 is 9.84 Å². The molecular weight excluding hydrogens is 286 g/mol. The van der Waals surface area contributed by atoms with Gasteiger partial charge in [0.1, 0.15) is 0 Å². The fraction of sp³-hybridized carbons (Fsp3) is 0.667. The first-order valence-corrected chi connectivity index (χ1v) is 9.53. The Kier molecular flexibility index (Phi) is 4.57. The van der Waals surface area contributed by atoms with Crippen LogP contribution in [0.4, 0.5) is 0 Å². The summed E-state index contributed by atoms with van der Waals surface area (Å²) in [5, 5.41) is 3.44. The Labute approximate surface area is 126 Å². The average Bonchev–Trinajstić information content (AvgIpc) is 2.82. The number of aromatic nitrogens is 1. The Morgan fingerprint density at radius 2 is 2.05 bits per heavy atom. The Hall–Kier alpha value is -0.980. The molecule has 2 saturated heterocycles. The first-order valence-electron chi connectivity index (χ1n) is 7.71. The largest absolute Gasteiger partial charge is 0.307 e. The number of hydrogen-bond acceptors (Lipinski definition) is 5. The fourth-order valence-corrected chi connectivity index (χ4v) is 5.37. The highest BCUT2D eigenvalue weighted by molar-refractivity contribution is 7.91. The third kappa shape index (κ3) is 3.81. The van der Waals surface area contributed by atoms with Crippen molar-refractivity contribution in [1.82, 2.24) is 15.2 Å². The Bertz CT molecular complexity index is 556. The summed E-state index contributed by atoms with van der Waals surface area (Å²) < 4.78 is 24.1. The quantitative estimate of drug-likeness (QED) is 0.892. The van der Waals surface area contributed by atoms with Gasteiger partial charge in [-0.05, 0) is 37.6 Å². The minimum Gasteiger partial charge on any atom is -0.307 e. The van der Waals surface area contributed by atoms with E-state index in [-0.39, 0.29) is 17.8 Å². The molecule has 6 heteroatoms. The second-order valence-corrected chi connectivity index (χ2v) is 8.24. The van der Waals surface area contributed by atoms with Gasteiger partial charge in [-0.2, -0.15) is 0 Å². The van der Waals surface area contributed by atoms with E-state index in [2.05, 4.69) is 15.2 Å². The molecule has 2 aliphatic rings. The molecule has 2 atom stereocenters. The molecule has 1 N–H and O–H groups in total. The highest BCUT2D eigenvalue weighted by Gasteiger charge is 2.40. The van der Waals surface area contributed by atoms with Gasteiger partial charge in [0, 0.05) is 31.0 Å². The smallest absolute Gasteiger partial charge is 0.153 e. The molecule has 21 heavy (non-hydrogen) atoms. The predicted molar refractivity (Wildman–Crippen MR) is 82.7 cm³/mol. The number of pyridine rings is 1. The molecule has 3 heterocycles. The molecule has 0 spiro atoms. The monoisotopic (exact) mass is 309 g/mol. The Morgan fingerprint density at radius 3 is 2.76 bits per heavy atom. The van der Waals surface area contributed by atoms with Crippen LogP contribution in [0.25, 0.3) is 0 Å². The van der Waals surface area contributed by atoms with Crippen molar-refractivity contribution in [1.29, 1.82) is 0 Å². The van der Waals surface area contributed by atoms with Crippen LogP contribution in [0.2, 0.25) is 0 Å². The van der Waals surface area contributed by atoms with Crippen LogP contribution in [0.3, 0.4) is 0 Å². The minimum absolute atomic E-state index is 0.0355. The van der Waals surface area contributed by atoms with E-state index in [9.17, 15) is 8.42 Å². The summed E-state index contributed by atoms with van der Waals surface area (Å²) in [6.45, 7) is 2.74. The molecule has 0 saturated carbocycles. The molecule has 2 aliphatic heterocycles. The number of rotatable bonds is 4. The van der Waals surface area contributed by atoms with Crippen molar-refractivity contribution in [3.05, 3.63) is 30.1 Å². The van der Waals surface area contributed by atoms with Crippen molar-refractivity contribution in [3.8, 4) is 0 Å². The molecule has 0 aromatic carbocycles. The third-order valence-electron chi connectivity index (χ3n) is 4.47. The van der Waals surface area contributed by atoms with Crippen LogP contribution in [0.5, 0.6) is 0 Å². The molecule has 3 rings (SSSR count). The lowest BCUT2D eigenvalue weighted by Crippen LogP contribution is -2.50. The van der Waals surface area contributed by atoms with Gasteiger partial charge < -0.3 is 5.32 Å². The summed E-state index contributed by atoms with van der Waals surface area (Å²) in [7, 11) is -2.92. The van der Waals surface area contributed by atoms with Crippen LogP contribution in [-0.2, 0) is 16.4 Å². The van der Waals surface area contributed by atoms with E-state index in [1.807, 2.05) is 18.3 Å². The lowest BCUT2D eigenvalue weighted by molar-refractivity contribution is 0.155. The van der Waals surface area contributed by atoms with Gasteiger partial charge >= 0.3 is 0 Å². The zero-order valence-electron chi connectivity index (χ0n) is 12.2. The van der Waals surface area contributed by atoms with Gasteiger partial charge in [-0.3, -0.25) is 9.88 Å². The molecule has 5 nitrogen and oxygen atoms in total. The Balaban J connectivity index is 1.66. The Morgan fingerprint density at radius 1 is 1.24 bits per heavy atom. The van der Waals surface area contributed by atoms with E-state index in [0.29, 0.717) is 12.3 Å².